The summed E-state index contributed by atoms with van der Waals surface area (Å²) in [7, 11) is 0. The first-order chi connectivity index (χ1) is 12.6. The number of carbonyl (C=O) groups is 2. The van der Waals surface area contributed by atoms with Crippen molar-refractivity contribution in [2.75, 3.05) is 4.90 Å². The second-order valence-electron chi connectivity index (χ2n) is 6.22. The zero-order valence-electron chi connectivity index (χ0n) is 14.0. The molecule has 0 saturated heterocycles. The molecule has 4 rings (SSSR count). The highest BCUT2D eigenvalue weighted by Gasteiger charge is 2.41. The van der Waals surface area contributed by atoms with Gasteiger partial charge in [0, 0.05) is 19.0 Å². The van der Waals surface area contributed by atoms with Crippen LogP contribution in [-0.4, -0.2) is 22.7 Å². The van der Waals surface area contributed by atoms with Crippen molar-refractivity contribution in [1.82, 2.24) is 4.98 Å². The smallest absolute Gasteiger partial charge is 0.224 e. The van der Waals surface area contributed by atoms with Crippen LogP contribution in [0.1, 0.15) is 24.3 Å². The topological polar surface area (TPSA) is 87.2 Å². The third kappa shape index (κ3) is 2.45. The predicted molar refractivity (Wildman–Crippen MR) is 94.5 cm³/mol. The number of fused-ring (bicyclic) bond motifs is 2. The van der Waals surface area contributed by atoms with E-state index in [1.807, 2.05) is 36.4 Å². The number of oxazole rings is 1. The average Bonchev–Trinajstić information content (AvgIpc) is 3.23. The largest absolute Gasteiger partial charge is 0.439 e. The van der Waals surface area contributed by atoms with Crippen LogP contribution >= 0.6 is 0 Å². The predicted octanol–water partition coefficient (Wildman–Crippen LogP) is 2.98. The number of rotatable bonds is 3. The summed E-state index contributed by atoms with van der Waals surface area (Å²) in [5.41, 5.74) is 2.74. The highest BCUT2D eigenvalue weighted by molar-refractivity contribution is 6.05. The first-order valence-corrected chi connectivity index (χ1v) is 8.26. The average molecular weight is 345 g/mol. The summed E-state index contributed by atoms with van der Waals surface area (Å²) in [6.45, 7) is 1.42. The Hall–Kier alpha value is -3.46. The Labute approximate surface area is 149 Å². The van der Waals surface area contributed by atoms with Gasteiger partial charge in [-0.05, 0) is 23.8 Å². The quantitative estimate of drug-likeness (QED) is 0.728. The monoisotopic (exact) mass is 345 g/mol. The number of carbonyl (C=O) groups excluding carboxylic acids is 2. The van der Waals surface area contributed by atoms with Crippen molar-refractivity contribution in [3.05, 3.63) is 60.0 Å². The van der Waals surface area contributed by atoms with Crippen LogP contribution in [0.2, 0.25) is 0 Å². The highest BCUT2D eigenvalue weighted by Crippen LogP contribution is 2.35. The lowest BCUT2D eigenvalue weighted by atomic mass is 9.96. The van der Waals surface area contributed by atoms with Gasteiger partial charge < -0.3 is 9.32 Å². The van der Waals surface area contributed by atoms with E-state index in [1.54, 1.807) is 18.2 Å². The number of Topliss-reactive ketones (excluding diaryl/α,β-unsaturated/α-hetero) is 1. The lowest BCUT2D eigenvalue weighted by Crippen LogP contribution is -2.43. The fourth-order valence-corrected chi connectivity index (χ4v) is 3.45. The van der Waals surface area contributed by atoms with Crippen LogP contribution in [0.4, 0.5) is 5.69 Å². The molecular weight excluding hydrogens is 330 g/mol. The third-order valence-corrected chi connectivity index (χ3v) is 4.61. The van der Waals surface area contributed by atoms with E-state index in [-0.39, 0.29) is 17.6 Å². The molecular formula is C20H15N3O3. The molecule has 2 atom stereocenters. The van der Waals surface area contributed by atoms with Gasteiger partial charge in [0.2, 0.25) is 11.8 Å². The summed E-state index contributed by atoms with van der Waals surface area (Å²) in [5.74, 6) is -1.71. The summed E-state index contributed by atoms with van der Waals surface area (Å²) in [5, 5.41) is 9.60. The Morgan fingerprint density at radius 1 is 1.23 bits per heavy atom. The SMILES string of the molecule is CC(=O)N1c2ccccc2C[C@H]1C(=O)[C@H](C#N)c1nc2ccccc2o1. The van der Waals surface area contributed by atoms with Crippen molar-refractivity contribution in [2.24, 2.45) is 0 Å². The van der Waals surface area contributed by atoms with Crippen molar-refractivity contribution in [1.29, 1.82) is 5.26 Å². The van der Waals surface area contributed by atoms with Gasteiger partial charge in [-0.1, -0.05) is 30.3 Å². The molecule has 0 saturated carbocycles. The molecule has 1 aromatic heterocycles. The number of anilines is 1. The molecule has 0 spiro atoms. The molecule has 6 heteroatoms. The lowest BCUT2D eigenvalue weighted by molar-refractivity contribution is -0.124. The standard InChI is InChI=1S/C20H15N3O3/c1-12(24)23-16-8-4-2-6-13(16)10-17(23)19(25)14(11-21)20-22-15-7-3-5-9-18(15)26-20/h2-9,14,17H,10H2,1H3/t14-,17-/m0/s1. The maximum absolute atomic E-state index is 13.1. The van der Waals surface area contributed by atoms with Gasteiger partial charge in [-0.25, -0.2) is 4.98 Å². The number of benzene rings is 2. The third-order valence-electron chi connectivity index (χ3n) is 4.61. The molecule has 128 valence electrons. The summed E-state index contributed by atoms with van der Waals surface area (Å²) in [6, 6.07) is 15.8. The molecule has 3 aromatic rings. The maximum Gasteiger partial charge on any atom is 0.224 e. The minimum Gasteiger partial charge on any atom is -0.439 e. The van der Waals surface area contributed by atoms with Crippen molar-refractivity contribution in [3.8, 4) is 6.07 Å². The minimum atomic E-state index is -1.16. The van der Waals surface area contributed by atoms with Crippen molar-refractivity contribution in [2.45, 2.75) is 25.3 Å². The summed E-state index contributed by atoms with van der Waals surface area (Å²) in [6.07, 6.45) is 0.382. The molecule has 0 unspecified atom stereocenters. The molecule has 1 aliphatic rings. The second kappa shape index (κ2) is 6.12. The van der Waals surface area contributed by atoms with Gasteiger partial charge in [-0.15, -0.1) is 0 Å². The van der Waals surface area contributed by atoms with E-state index in [1.165, 1.54) is 11.8 Å². The van der Waals surface area contributed by atoms with Crippen LogP contribution in [0.3, 0.4) is 0 Å². The molecule has 26 heavy (non-hydrogen) atoms. The van der Waals surface area contributed by atoms with Crippen molar-refractivity contribution in [3.63, 3.8) is 0 Å². The van der Waals surface area contributed by atoms with E-state index in [2.05, 4.69) is 4.98 Å². The van der Waals surface area contributed by atoms with Gasteiger partial charge in [-0.2, -0.15) is 5.26 Å². The number of para-hydroxylation sites is 3. The molecule has 1 amide bonds. The molecule has 0 radical (unpaired) electrons. The summed E-state index contributed by atoms with van der Waals surface area (Å²) >= 11 is 0. The van der Waals surface area contributed by atoms with E-state index in [0.717, 1.165) is 5.56 Å². The van der Waals surface area contributed by atoms with Gasteiger partial charge >= 0.3 is 0 Å². The molecule has 0 bridgehead atoms. The van der Waals surface area contributed by atoms with E-state index < -0.39 is 12.0 Å². The van der Waals surface area contributed by atoms with Crippen LogP contribution in [0, 0.1) is 11.3 Å². The van der Waals surface area contributed by atoms with Gasteiger partial charge in [0.15, 0.2) is 17.3 Å². The molecule has 2 aromatic carbocycles. The summed E-state index contributed by atoms with van der Waals surface area (Å²) < 4.78 is 5.62. The lowest BCUT2D eigenvalue weighted by Gasteiger charge is -2.24. The Balaban J connectivity index is 1.71. The highest BCUT2D eigenvalue weighted by atomic mass is 16.3. The molecule has 0 fully saturated rings. The molecule has 1 aliphatic heterocycles. The molecule has 6 nitrogen and oxygen atoms in total. The Morgan fingerprint density at radius 2 is 1.96 bits per heavy atom. The minimum absolute atomic E-state index is 0.0677. The second-order valence-corrected chi connectivity index (χ2v) is 6.22. The van der Waals surface area contributed by atoms with Crippen LogP contribution in [0.25, 0.3) is 11.1 Å². The first-order valence-electron chi connectivity index (χ1n) is 8.26. The number of aromatic nitrogens is 1. The van der Waals surface area contributed by atoms with E-state index in [4.69, 9.17) is 4.42 Å². The van der Waals surface area contributed by atoms with Gasteiger partial charge in [0.25, 0.3) is 0 Å². The number of nitriles is 1. The van der Waals surface area contributed by atoms with Crippen molar-refractivity contribution < 1.29 is 14.0 Å². The van der Waals surface area contributed by atoms with E-state index in [0.29, 0.717) is 23.2 Å². The number of amides is 1. The Morgan fingerprint density at radius 3 is 2.69 bits per heavy atom. The number of nitrogens with zero attached hydrogens (tertiary/aromatic N) is 3. The van der Waals surface area contributed by atoms with Gasteiger partial charge in [-0.3, -0.25) is 9.59 Å². The zero-order valence-corrected chi connectivity index (χ0v) is 14.0. The van der Waals surface area contributed by atoms with Crippen LogP contribution < -0.4 is 4.90 Å². The zero-order chi connectivity index (χ0) is 18.3. The van der Waals surface area contributed by atoms with Crippen LogP contribution in [0.5, 0.6) is 0 Å². The number of hydrogen-bond acceptors (Lipinski definition) is 5. The number of ketones is 1. The fraction of sp³-hybridized carbons (Fsp3) is 0.200. The van der Waals surface area contributed by atoms with Gasteiger partial charge in [0.05, 0.1) is 6.07 Å². The van der Waals surface area contributed by atoms with E-state index >= 15 is 0 Å². The molecule has 2 heterocycles. The number of hydrogen-bond donors (Lipinski definition) is 0. The maximum atomic E-state index is 13.1. The van der Waals surface area contributed by atoms with Crippen molar-refractivity contribution >= 4 is 28.5 Å². The molecule has 0 aliphatic carbocycles. The fourth-order valence-electron chi connectivity index (χ4n) is 3.45. The Bertz CT molecular complexity index is 1030. The van der Waals surface area contributed by atoms with E-state index in [9.17, 15) is 14.9 Å². The normalized spacial score (nSPS) is 16.9. The van der Waals surface area contributed by atoms with Crippen LogP contribution in [-0.2, 0) is 16.0 Å². The first kappa shape index (κ1) is 16.0. The summed E-state index contributed by atoms with van der Waals surface area (Å²) in [4.78, 5) is 31.0. The molecule has 0 N–H and O–H groups in total. The Kier molecular flexibility index (Phi) is 3.77. The van der Waals surface area contributed by atoms with Gasteiger partial charge in [0.1, 0.15) is 11.6 Å². The van der Waals surface area contributed by atoms with Crippen LogP contribution in [0.15, 0.2) is 52.9 Å².